The summed E-state index contributed by atoms with van der Waals surface area (Å²) < 4.78 is 2.12. The van der Waals surface area contributed by atoms with Gasteiger partial charge in [-0.1, -0.05) is 48.5 Å². The van der Waals surface area contributed by atoms with Gasteiger partial charge in [0.25, 0.3) is 0 Å². The standard InChI is InChI=1S/C25H21N2/c1-17-7-8-18(14-23(17)25-16-26-11-12-27(25)2)19-9-10-21-13-20-5-3-4-6-22(20)24(21)15-19/h3-12,14-16H,13H2,1-2H3/q+1. The lowest BCUT2D eigenvalue weighted by Gasteiger charge is -2.10. The largest absolute Gasteiger partial charge is 0.252 e. The number of hydrogen-bond donors (Lipinski definition) is 0. The summed E-state index contributed by atoms with van der Waals surface area (Å²) in [6, 6.07) is 22.3. The highest BCUT2D eigenvalue weighted by molar-refractivity contribution is 5.82. The van der Waals surface area contributed by atoms with Crippen LogP contribution in [0, 0.1) is 6.92 Å². The predicted octanol–water partition coefficient (Wildman–Crippen LogP) is 5.12. The molecule has 1 heterocycles. The fraction of sp³-hybridized carbons (Fsp3) is 0.120. The normalized spacial score (nSPS) is 11.9. The SMILES string of the molecule is Cc1ccc(-c2ccc3c(c2)-c2ccccc2C3)cc1-c1cncc[n+]1C. The Balaban J connectivity index is 1.63. The Bertz CT molecular complexity index is 1170. The van der Waals surface area contributed by atoms with E-state index in [2.05, 4.69) is 84.2 Å². The molecule has 0 saturated heterocycles. The minimum atomic E-state index is 1.04. The molecule has 2 heteroatoms. The van der Waals surface area contributed by atoms with Crippen molar-refractivity contribution in [1.82, 2.24) is 4.98 Å². The van der Waals surface area contributed by atoms with Crippen LogP contribution in [-0.2, 0) is 13.5 Å². The van der Waals surface area contributed by atoms with Crippen LogP contribution >= 0.6 is 0 Å². The Morgan fingerprint density at radius 2 is 1.56 bits per heavy atom. The maximum Gasteiger partial charge on any atom is 0.231 e. The lowest BCUT2D eigenvalue weighted by atomic mass is 9.95. The first-order valence-electron chi connectivity index (χ1n) is 9.33. The number of hydrogen-bond acceptors (Lipinski definition) is 1. The van der Waals surface area contributed by atoms with Crippen LogP contribution in [0.5, 0.6) is 0 Å². The van der Waals surface area contributed by atoms with E-state index < -0.39 is 0 Å². The third kappa shape index (κ3) is 2.65. The summed E-state index contributed by atoms with van der Waals surface area (Å²) in [6.45, 7) is 2.16. The molecule has 130 valence electrons. The third-order valence-electron chi connectivity index (χ3n) is 5.60. The summed E-state index contributed by atoms with van der Waals surface area (Å²) in [5, 5.41) is 0. The summed E-state index contributed by atoms with van der Waals surface area (Å²) in [6.07, 6.45) is 6.79. The highest BCUT2D eigenvalue weighted by atomic mass is 14.9. The van der Waals surface area contributed by atoms with Crippen LogP contribution in [-0.4, -0.2) is 4.98 Å². The molecular weight excluding hydrogens is 328 g/mol. The number of benzene rings is 3. The van der Waals surface area contributed by atoms with Gasteiger partial charge in [0.15, 0.2) is 6.20 Å². The van der Waals surface area contributed by atoms with Crippen molar-refractivity contribution in [2.75, 3.05) is 0 Å². The van der Waals surface area contributed by atoms with Gasteiger partial charge in [0.2, 0.25) is 5.69 Å². The summed E-state index contributed by atoms with van der Waals surface area (Å²) in [4.78, 5) is 4.32. The molecule has 0 N–H and O–H groups in total. The van der Waals surface area contributed by atoms with E-state index in [1.807, 2.05) is 18.6 Å². The minimum Gasteiger partial charge on any atom is -0.252 e. The van der Waals surface area contributed by atoms with E-state index in [-0.39, 0.29) is 0 Å². The average Bonchev–Trinajstić information content (AvgIpc) is 3.07. The second-order valence-electron chi connectivity index (χ2n) is 7.31. The van der Waals surface area contributed by atoms with Crippen molar-refractivity contribution in [1.29, 1.82) is 0 Å². The maximum atomic E-state index is 4.32. The summed E-state index contributed by atoms with van der Waals surface area (Å²) in [5.74, 6) is 0. The van der Waals surface area contributed by atoms with E-state index in [1.165, 1.54) is 44.5 Å². The molecule has 2 nitrogen and oxygen atoms in total. The first-order valence-corrected chi connectivity index (χ1v) is 9.33. The Hall–Kier alpha value is -3.26. The molecule has 0 fully saturated rings. The van der Waals surface area contributed by atoms with Gasteiger partial charge in [0.05, 0.1) is 18.0 Å². The molecule has 0 amide bonds. The second kappa shape index (κ2) is 6.17. The van der Waals surface area contributed by atoms with Gasteiger partial charge in [0.1, 0.15) is 7.05 Å². The molecule has 5 rings (SSSR count). The van der Waals surface area contributed by atoms with E-state index in [1.54, 1.807) is 0 Å². The molecule has 0 radical (unpaired) electrons. The lowest BCUT2D eigenvalue weighted by molar-refractivity contribution is -0.660. The van der Waals surface area contributed by atoms with Crippen molar-refractivity contribution >= 4 is 0 Å². The van der Waals surface area contributed by atoms with Crippen molar-refractivity contribution in [3.05, 3.63) is 95.9 Å². The molecule has 4 aromatic rings. The Morgan fingerprint density at radius 1 is 0.815 bits per heavy atom. The molecular formula is C25H21N2+. The monoisotopic (exact) mass is 349 g/mol. The van der Waals surface area contributed by atoms with Gasteiger partial charge in [-0.3, -0.25) is 4.98 Å². The van der Waals surface area contributed by atoms with Crippen LogP contribution < -0.4 is 4.57 Å². The molecule has 1 aromatic heterocycles. The zero-order valence-electron chi connectivity index (χ0n) is 15.6. The van der Waals surface area contributed by atoms with Crippen LogP contribution in [0.3, 0.4) is 0 Å². The van der Waals surface area contributed by atoms with Crippen LogP contribution in [0.15, 0.2) is 79.3 Å². The molecule has 0 unspecified atom stereocenters. The van der Waals surface area contributed by atoms with Crippen LogP contribution in [0.25, 0.3) is 33.5 Å². The molecule has 1 aliphatic carbocycles. The van der Waals surface area contributed by atoms with Crippen LogP contribution in [0.4, 0.5) is 0 Å². The van der Waals surface area contributed by atoms with Crippen molar-refractivity contribution in [2.45, 2.75) is 13.3 Å². The first kappa shape index (κ1) is 16.0. The van der Waals surface area contributed by atoms with Gasteiger partial charge >= 0.3 is 0 Å². The van der Waals surface area contributed by atoms with Gasteiger partial charge in [-0.25, -0.2) is 0 Å². The van der Waals surface area contributed by atoms with Gasteiger partial charge in [-0.2, -0.15) is 4.57 Å². The summed E-state index contributed by atoms with van der Waals surface area (Å²) in [7, 11) is 2.06. The Labute approximate surface area is 159 Å². The zero-order chi connectivity index (χ0) is 18.4. The van der Waals surface area contributed by atoms with E-state index in [0.717, 1.165) is 12.1 Å². The average molecular weight is 349 g/mol. The van der Waals surface area contributed by atoms with Crippen LogP contribution in [0.1, 0.15) is 16.7 Å². The fourth-order valence-electron chi connectivity index (χ4n) is 4.06. The van der Waals surface area contributed by atoms with Crippen molar-refractivity contribution in [3.63, 3.8) is 0 Å². The number of nitrogens with zero attached hydrogens (tertiary/aromatic N) is 2. The molecule has 0 bridgehead atoms. The molecule has 1 aliphatic rings. The molecule has 0 aliphatic heterocycles. The number of fused-ring (bicyclic) bond motifs is 3. The first-order chi connectivity index (χ1) is 13.2. The van der Waals surface area contributed by atoms with E-state index in [0.29, 0.717) is 0 Å². The number of aromatic nitrogens is 2. The molecule has 0 atom stereocenters. The van der Waals surface area contributed by atoms with Crippen molar-refractivity contribution < 1.29 is 4.57 Å². The number of rotatable bonds is 2. The number of aryl methyl sites for hydroxylation is 2. The smallest absolute Gasteiger partial charge is 0.231 e. The van der Waals surface area contributed by atoms with Gasteiger partial charge in [-0.05, 0) is 64.4 Å². The maximum absolute atomic E-state index is 4.32. The van der Waals surface area contributed by atoms with E-state index in [9.17, 15) is 0 Å². The molecule has 27 heavy (non-hydrogen) atoms. The van der Waals surface area contributed by atoms with Crippen molar-refractivity contribution in [2.24, 2.45) is 7.05 Å². The van der Waals surface area contributed by atoms with E-state index in [4.69, 9.17) is 0 Å². The van der Waals surface area contributed by atoms with Crippen molar-refractivity contribution in [3.8, 4) is 33.5 Å². The molecule has 0 saturated carbocycles. The highest BCUT2D eigenvalue weighted by Gasteiger charge is 2.19. The third-order valence-corrected chi connectivity index (χ3v) is 5.60. The van der Waals surface area contributed by atoms with Gasteiger partial charge in [-0.15, -0.1) is 0 Å². The second-order valence-corrected chi connectivity index (χ2v) is 7.31. The topological polar surface area (TPSA) is 16.8 Å². The summed E-state index contributed by atoms with van der Waals surface area (Å²) in [5.41, 5.74) is 11.7. The van der Waals surface area contributed by atoms with E-state index >= 15 is 0 Å². The van der Waals surface area contributed by atoms with Crippen LogP contribution in [0.2, 0.25) is 0 Å². The molecule has 0 spiro atoms. The molecule has 3 aromatic carbocycles. The van der Waals surface area contributed by atoms with Gasteiger partial charge in [0, 0.05) is 0 Å². The fourth-order valence-corrected chi connectivity index (χ4v) is 4.06. The summed E-state index contributed by atoms with van der Waals surface area (Å²) >= 11 is 0. The predicted molar refractivity (Wildman–Crippen MR) is 109 cm³/mol. The zero-order valence-corrected chi connectivity index (χ0v) is 15.6. The lowest BCUT2D eigenvalue weighted by Crippen LogP contribution is -2.30. The Kier molecular flexibility index (Phi) is 3.64. The highest BCUT2D eigenvalue weighted by Crippen LogP contribution is 2.39. The minimum absolute atomic E-state index is 1.04. The quantitative estimate of drug-likeness (QED) is 0.404. The Morgan fingerprint density at radius 3 is 2.41 bits per heavy atom. The van der Waals surface area contributed by atoms with Gasteiger partial charge < -0.3 is 0 Å².